The van der Waals surface area contributed by atoms with Crippen LogP contribution < -0.4 is 15.0 Å². The van der Waals surface area contributed by atoms with Crippen LogP contribution >= 0.6 is 0 Å². The molecule has 2 aromatic rings. The van der Waals surface area contributed by atoms with Crippen molar-refractivity contribution in [2.75, 3.05) is 53.6 Å². The fourth-order valence-electron chi connectivity index (χ4n) is 4.48. The van der Waals surface area contributed by atoms with E-state index in [-0.39, 0.29) is 23.1 Å². The number of ether oxygens (including phenoxy) is 3. The SMILES string of the molecule is COc1ccc(CCn2ccc(C)c(C(=O)N3CCN4CCOCC4C3)c2=O)cc1OC. The topological polar surface area (TPSA) is 73.2 Å². The van der Waals surface area contributed by atoms with Crippen LogP contribution in [0.4, 0.5) is 0 Å². The molecular weight excluding hydrogens is 410 g/mol. The Morgan fingerprint density at radius 3 is 2.72 bits per heavy atom. The van der Waals surface area contributed by atoms with Crippen molar-refractivity contribution in [2.24, 2.45) is 0 Å². The average Bonchev–Trinajstić information content (AvgIpc) is 2.83. The second-order valence-corrected chi connectivity index (χ2v) is 8.33. The van der Waals surface area contributed by atoms with Crippen molar-refractivity contribution in [3.63, 3.8) is 0 Å². The summed E-state index contributed by atoms with van der Waals surface area (Å²) in [6, 6.07) is 7.78. The number of morpholine rings is 1. The Hall–Kier alpha value is -2.84. The maximum absolute atomic E-state index is 13.3. The van der Waals surface area contributed by atoms with Gasteiger partial charge in [-0.15, -0.1) is 0 Å². The van der Waals surface area contributed by atoms with E-state index in [1.807, 2.05) is 31.2 Å². The van der Waals surface area contributed by atoms with Crippen molar-refractivity contribution in [2.45, 2.75) is 25.9 Å². The van der Waals surface area contributed by atoms with Gasteiger partial charge >= 0.3 is 0 Å². The molecule has 2 saturated heterocycles. The number of methoxy groups -OCH3 is 2. The van der Waals surface area contributed by atoms with E-state index in [1.54, 1.807) is 29.9 Å². The molecule has 2 fully saturated rings. The first-order valence-electron chi connectivity index (χ1n) is 11.0. The molecule has 0 saturated carbocycles. The van der Waals surface area contributed by atoms with E-state index < -0.39 is 0 Å². The summed E-state index contributed by atoms with van der Waals surface area (Å²) in [4.78, 5) is 30.7. The lowest BCUT2D eigenvalue weighted by molar-refractivity contribution is -0.0395. The zero-order chi connectivity index (χ0) is 22.7. The lowest BCUT2D eigenvalue weighted by Gasteiger charge is -2.43. The Kier molecular flexibility index (Phi) is 6.81. The molecule has 0 N–H and O–H groups in total. The van der Waals surface area contributed by atoms with Crippen LogP contribution in [0.5, 0.6) is 11.5 Å². The number of pyridine rings is 1. The molecular formula is C24H31N3O5. The number of benzene rings is 1. The second kappa shape index (κ2) is 9.75. The summed E-state index contributed by atoms with van der Waals surface area (Å²) in [6.45, 7) is 6.62. The van der Waals surface area contributed by atoms with Gasteiger partial charge in [0.1, 0.15) is 5.56 Å². The summed E-state index contributed by atoms with van der Waals surface area (Å²) >= 11 is 0. The molecule has 8 heteroatoms. The van der Waals surface area contributed by atoms with E-state index in [0.29, 0.717) is 49.7 Å². The third kappa shape index (κ3) is 4.52. The van der Waals surface area contributed by atoms with Gasteiger partial charge in [0.15, 0.2) is 11.5 Å². The normalized spacial score (nSPS) is 18.8. The Morgan fingerprint density at radius 2 is 1.94 bits per heavy atom. The Morgan fingerprint density at radius 1 is 1.12 bits per heavy atom. The molecule has 8 nitrogen and oxygen atoms in total. The highest BCUT2D eigenvalue weighted by molar-refractivity contribution is 5.95. The lowest BCUT2D eigenvalue weighted by Crippen LogP contribution is -2.59. The molecule has 172 valence electrons. The molecule has 2 aliphatic heterocycles. The third-order valence-corrected chi connectivity index (χ3v) is 6.40. The van der Waals surface area contributed by atoms with Crippen molar-refractivity contribution < 1.29 is 19.0 Å². The number of hydrogen-bond acceptors (Lipinski definition) is 6. The molecule has 1 aromatic carbocycles. The smallest absolute Gasteiger partial charge is 0.263 e. The summed E-state index contributed by atoms with van der Waals surface area (Å²) in [7, 11) is 3.20. The van der Waals surface area contributed by atoms with Crippen LogP contribution in [0.3, 0.4) is 0 Å². The minimum Gasteiger partial charge on any atom is -0.493 e. The molecule has 2 aliphatic rings. The Bertz CT molecular complexity index is 1030. The Labute approximate surface area is 188 Å². The van der Waals surface area contributed by atoms with Gasteiger partial charge in [-0.05, 0) is 42.7 Å². The predicted octanol–water partition coefficient (Wildman–Crippen LogP) is 1.57. The number of nitrogens with zero attached hydrogens (tertiary/aromatic N) is 3. The van der Waals surface area contributed by atoms with Crippen molar-refractivity contribution in [3.05, 3.63) is 57.5 Å². The summed E-state index contributed by atoms with van der Waals surface area (Å²) in [5.74, 6) is 1.14. The van der Waals surface area contributed by atoms with Gasteiger partial charge in [0.25, 0.3) is 11.5 Å². The van der Waals surface area contributed by atoms with E-state index in [0.717, 1.165) is 25.3 Å². The standard InChI is InChI=1S/C24H31N3O5/c1-17-6-8-26(9-7-18-4-5-20(30-2)21(14-18)31-3)23(28)22(17)24(29)27-11-10-25-12-13-32-16-19(25)15-27/h4-6,8,14,19H,7,9-13,15-16H2,1-3H3. The molecule has 1 amide bonds. The summed E-state index contributed by atoms with van der Waals surface area (Å²) in [5.41, 5.74) is 1.77. The number of fused-ring (bicyclic) bond motifs is 1. The van der Waals surface area contributed by atoms with Crippen LogP contribution in [0.1, 0.15) is 21.5 Å². The highest BCUT2D eigenvalue weighted by Gasteiger charge is 2.33. The maximum atomic E-state index is 13.3. The van der Waals surface area contributed by atoms with Crippen LogP contribution in [0.2, 0.25) is 0 Å². The quantitative estimate of drug-likeness (QED) is 0.678. The van der Waals surface area contributed by atoms with Gasteiger partial charge < -0.3 is 23.7 Å². The molecule has 0 bridgehead atoms. The number of carbonyl (C=O) groups excluding carboxylic acids is 1. The van der Waals surface area contributed by atoms with Gasteiger partial charge in [0, 0.05) is 38.9 Å². The second-order valence-electron chi connectivity index (χ2n) is 8.33. The van der Waals surface area contributed by atoms with Crippen molar-refractivity contribution in [1.29, 1.82) is 0 Å². The lowest BCUT2D eigenvalue weighted by atomic mass is 10.1. The molecule has 1 aromatic heterocycles. The van der Waals surface area contributed by atoms with E-state index in [1.165, 1.54) is 0 Å². The number of rotatable bonds is 6. The van der Waals surface area contributed by atoms with Crippen molar-refractivity contribution in [1.82, 2.24) is 14.4 Å². The summed E-state index contributed by atoms with van der Waals surface area (Å²) < 4.78 is 17.9. The first-order chi connectivity index (χ1) is 15.5. The molecule has 3 heterocycles. The first kappa shape index (κ1) is 22.4. The van der Waals surface area contributed by atoms with E-state index in [2.05, 4.69) is 4.90 Å². The number of amides is 1. The number of carbonyl (C=O) groups is 1. The van der Waals surface area contributed by atoms with Crippen LogP contribution in [0.25, 0.3) is 0 Å². The minimum absolute atomic E-state index is 0.182. The Balaban J connectivity index is 1.50. The van der Waals surface area contributed by atoms with E-state index >= 15 is 0 Å². The number of aryl methyl sites for hydroxylation is 3. The molecule has 0 spiro atoms. The first-order valence-corrected chi connectivity index (χ1v) is 11.0. The largest absolute Gasteiger partial charge is 0.493 e. The average molecular weight is 442 g/mol. The fraction of sp³-hybridized carbons (Fsp3) is 0.500. The summed E-state index contributed by atoms with van der Waals surface area (Å²) in [5, 5.41) is 0. The van der Waals surface area contributed by atoms with E-state index in [9.17, 15) is 9.59 Å². The zero-order valence-electron chi connectivity index (χ0n) is 19.0. The van der Waals surface area contributed by atoms with Crippen molar-refractivity contribution in [3.8, 4) is 11.5 Å². The predicted molar refractivity (Wildman–Crippen MR) is 121 cm³/mol. The number of hydrogen-bond donors (Lipinski definition) is 0. The molecule has 32 heavy (non-hydrogen) atoms. The van der Waals surface area contributed by atoms with Gasteiger partial charge in [-0.1, -0.05) is 6.07 Å². The monoisotopic (exact) mass is 441 g/mol. The molecule has 4 rings (SSSR count). The van der Waals surface area contributed by atoms with Gasteiger partial charge in [0.2, 0.25) is 0 Å². The number of piperazine rings is 1. The van der Waals surface area contributed by atoms with Crippen LogP contribution in [-0.4, -0.2) is 79.9 Å². The maximum Gasteiger partial charge on any atom is 0.263 e. The van der Waals surface area contributed by atoms with Gasteiger partial charge in [-0.3, -0.25) is 14.5 Å². The molecule has 1 atom stereocenters. The zero-order valence-corrected chi connectivity index (χ0v) is 19.0. The van der Waals surface area contributed by atoms with Crippen molar-refractivity contribution >= 4 is 5.91 Å². The minimum atomic E-state index is -0.238. The molecule has 1 unspecified atom stereocenters. The van der Waals surface area contributed by atoms with Gasteiger partial charge in [-0.2, -0.15) is 0 Å². The summed E-state index contributed by atoms with van der Waals surface area (Å²) in [6.07, 6.45) is 2.40. The third-order valence-electron chi connectivity index (χ3n) is 6.40. The molecule has 0 radical (unpaired) electrons. The van der Waals surface area contributed by atoms with Gasteiger partial charge in [-0.25, -0.2) is 0 Å². The fourth-order valence-corrected chi connectivity index (χ4v) is 4.48. The van der Waals surface area contributed by atoms with Gasteiger partial charge in [0.05, 0.1) is 33.5 Å². The van der Waals surface area contributed by atoms with E-state index in [4.69, 9.17) is 14.2 Å². The molecule has 0 aliphatic carbocycles. The van der Waals surface area contributed by atoms with Crippen LogP contribution in [0, 0.1) is 6.92 Å². The highest BCUT2D eigenvalue weighted by atomic mass is 16.5. The van der Waals surface area contributed by atoms with Crippen LogP contribution in [0.15, 0.2) is 35.3 Å². The van der Waals surface area contributed by atoms with Crippen LogP contribution in [-0.2, 0) is 17.7 Å². The highest BCUT2D eigenvalue weighted by Crippen LogP contribution is 2.27. The number of aromatic nitrogens is 1.